The number of aryl methyl sites for hydroxylation is 1. The van der Waals surface area contributed by atoms with Crippen molar-refractivity contribution in [2.75, 3.05) is 6.54 Å². The van der Waals surface area contributed by atoms with Gasteiger partial charge in [0.2, 0.25) is 27.7 Å². The highest BCUT2D eigenvalue weighted by Gasteiger charge is 2.62. The van der Waals surface area contributed by atoms with Gasteiger partial charge in [0.25, 0.3) is 5.91 Å². The van der Waals surface area contributed by atoms with Crippen molar-refractivity contribution in [3.8, 4) is 5.88 Å². The first-order chi connectivity index (χ1) is 24.6. The third-order valence-corrected chi connectivity index (χ3v) is 12.2. The number of halogens is 1. The molecule has 5 atom stereocenters. The van der Waals surface area contributed by atoms with Crippen LogP contribution in [-0.2, 0) is 30.8 Å². The predicted molar refractivity (Wildman–Crippen MR) is 188 cm³/mol. The zero-order valence-electron chi connectivity index (χ0n) is 29.9. The minimum atomic E-state index is -3.92. The first-order valence-corrected chi connectivity index (χ1v) is 19.6. The number of benzene rings is 1. The Balaban J connectivity index is 1.36. The molecule has 282 valence electrons. The van der Waals surface area contributed by atoms with Gasteiger partial charge in [0, 0.05) is 17.9 Å². The first-order valence-electron chi connectivity index (χ1n) is 18.0. The SMILES string of the molecule is CCc1nc2cccc(F)c2nc1O[C@@H]1C[C@H]2C(=O)N[C@]3(C(=O)NS(=O)(=O)C4CC4)C[C@H]3C=CCCCCC[C@H](N(C(=O)O)C(C)(C)C)C(=O)N2C1. The van der Waals surface area contributed by atoms with Gasteiger partial charge in [-0.3, -0.25) is 24.0 Å². The molecule has 1 aromatic carbocycles. The minimum Gasteiger partial charge on any atom is -0.471 e. The van der Waals surface area contributed by atoms with Gasteiger partial charge in [0.15, 0.2) is 5.82 Å². The van der Waals surface area contributed by atoms with E-state index in [1.807, 2.05) is 19.1 Å². The van der Waals surface area contributed by atoms with Gasteiger partial charge >= 0.3 is 6.09 Å². The Hall–Kier alpha value is -4.34. The maximum atomic E-state index is 14.8. The molecule has 4 aliphatic rings. The van der Waals surface area contributed by atoms with E-state index in [-0.39, 0.29) is 37.2 Å². The molecule has 0 unspecified atom stereocenters. The lowest BCUT2D eigenvalue weighted by molar-refractivity contribution is -0.144. The van der Waals surface area contributed by atoms with Crippen LogP contribution >= 0.6 is 0 Å². The lowest BCUT2D eigenvalue weighted by Gasteiger charge is -2.41. The number of rotatable bonds is 7. The molecular weight excluding hydrogens is 695 g/mol. The molecule has 3 heterocycles. The lowest BCUT2D eigenvalue weighted by atomic mass is 9.98. The van der Waals surface area contributed by atoms with E-state index in [1.54, 1.807) is 26.8 Å². The Bertz CT molecular complexity index is 1900. The Morgan fingerprint density at radius 1 is 1.15 bits per heavy atom. The predicted octanol–water partition coefficient (Wildman–Crippen LogP) is 3.83. The number of carbonyl (C=O) groups excluding carboxylic acids is 3. The molecule has 3 N–H and O–H groups in total. The zero-order valence-corrected chi connectivity index (χ0v) is 30.7. The number of amides is 4. The number of nitrogens with zero attached hydrogens (tertiary/aromatic N) is 4. The second-order valence-electron chi connectivity index (χ2n) is 15.3. The summed E-state index contributed by atoms with van der Waals surface area (Å²) >= 11 is 0. The fraction of sp³-hybridized carbons (Fsp3) is 0.611. The first kappa shape index (κ1) is 37.4. The maximum absolute atomic E-state index is 14.8. The lowest BCUT2D eigenvalue weighted by Crippen LogP contribution is -2.60. The van der Waals surface area contributed by atoms with Gasteiger partial charge in [-0.15, -0.1) is 0 Å². The van der Waals surface area contributed by atoms with E-state index in [0.717, 1.165) is 11.3 Å². The molecule has 14 nitrogen and oxygen atoms in total. The Morgan fingerprint density at radius 3 is 2.58 bits per heavy atom. The number of ether oxygens (including phenoxy) is 1. The number of nitrogens with one attached hydrogen (secondary N) is 2. The number of sulfonamides is 1. The quantitative estimate of drug-likeness (QED) is 0.352. The molecule has 6 rings (SSSR count). The minimum absolute atomic E-state index is 0.000591. The van der Waals surface area contributed by atoms with Crippen molar-refractivity contribution >= 4 is 44.9 Å². The molecule has 0 spiro atoms. The Labute approximate surface area is 302 Å². The van der Waals surface area contributed by atoms with Gasteiger partial charge in [0.05, 0.1) is 17.3 Å². The highest BCUT2D eigenvalue weighted by molar-refractivity contribution is 7.91. The van der Waals surface area contributed by atoms with Gasteiger partial charge in [-0.25, -0.2) is 27.6 Å². The Kier molecular flexibility index (Phi) is 10.2. The summed E-state index contributed by atoms with van der Waals surface area (Å²) in [5.74, 6) is -3.14. The zero-order chi connectivity index (χ0) is 37.6. The van der Waals surface area contributed by atoms with Crippen molar-refractivity contribution in [2.24, 2.45) is 5.92 Å². The van der Waals surface area contributed by atoms with Crippen LogP contribution < -0.4 is 14.8 Å². The number of carbonyl (C=O) groups is 4. The number of hydrogen-bond acceptors (Lipinski definition) is 9. The van der Waals surface area contributed by atoms with E-state index in [1.165, 1.54) is 17.0 Å². The van der Waals surface area contributed by atoms with Gasteiger partial charge in [-0.05, 0) is 77.8 Å². The molecule has 3 fully saturated rings. The van der Waals surface area contributed by atoms with Gasteiger partial charge in [-0.2, -0.15) is 0 Å². The fourth-order valence-electron chi connectivity index (χ4n) is 7.37. The van der Waals surface area contributed by atoms with Crippen LogP contribution in [0.1, 0.15) is 91.2 Å². The van der Waals surface area contributed by atoms with E-state index < -0.39 is 80.1 Å². The van der Waals surface area contributed by atoms with Gasteiger partial charge in [-0.1, -0.05) is 38.0 Å². The number of hydrogen-bond donors (Lipinski definition) is 3. The third-order valence-electron chi connectivity index (χ3n) is 10.3. The fourth-order valence-corrected chi connectivity index (χ4v) is 8.73. The largest absolute Gasteiger partial charge is 0.471 e. The number of aromatic nitrogens is 2. The summed E-state index contributed by atoms with van der Waals surface area (Å²) in [6, 6.07) is 2.07. The average Bonchev–Trinajstić information content (AvgIpc) is 3.99. The van der Waals surface area contributed by atoms with Crippen molar-refractivity contribution in [1.29, 1.82) is 0 Å². The second-order valence-corrected chi connectivity index (χ2v) is 17.2. The smallest absolute Gasteiger partial charge is 0.408 e. The van der Waals surface area contributed by atoms with Gasteiger partial charge < -0.3 is 20.1 Å². The summed E-state index contributed by atoms with van der Waals surface area (Å²) in [6.45, 7) is 6.80. The van der Waals surface area contributed by atoms with Crippen LogP contribution in [0.15, 0.2) is 30.4 Å². The van der Waals surface area contributed by atoms with Crippen molar-refractivity contribution < 1.29 is 41.8 Å². The van der Waals surface area contributed by atoms with Crippen molar-refractivity contribution in [2.45, 2.75) is 126 Å². The number of carboxylic acid groups (broad SMARTS) is 1. The van der Waals surface area contributed by atoms with E-state index in [2.05, 4.69) is 20.0 Å². The van der Waals surface area contributed by atoms with Crippen LogP contribution in [0.4, 0.5) is 9.18 Å². The van der Waals surface area contributed by atoms with Crippen LogP contribution in [0.5, 0.6) is 5.88 Å². The van der Waals surface area contributed by atoms with Gasteiger partial charge in [0.1, 0.15) is 34.9 Å². The summed E-state index contributed by atoms with van der Waals surface area (Å²) in [5, 5.41) is 12.5. The number of fused-ring (bicyclic) bond motifs is 3. The molecule has 0 radical (unpaired) electrons. The van der Waals surface area contributed by atoms with Crippen molar-refractivity contribution in [1.82, 2.24) is 29.8 Å². The highest BCUT2D eigenvalue weighted by atomic mass is 32.2. The topological polar surface area (TPSA) is 188 Å². The Morgan fingerprint density at radius 2 is 1.90 bits per heavy atom. The molecular formula is C36H47FN6O8S. The molecule has 2 aliphatic heterocycles. The molecule has 1 saturated heterocycles. The van der Waals surface area contributed by atoms with Crippen LogP contribution in [0.2, 0.25) is 0 Å². The molecule has 2 saturated carbocycles. The maximum Gasteiger partial charge on any atom is 0.408 e. The van der Waals surface area contributed by atoms with Crippen molar-refractivity contribution in [3.05, 3.63) is 41.9 Å². The summed E-state index contributed by atoms with van der Waals surface area (Å²) in [6.07, 6.45) is 5.85. The summed E-state index contributed by atoms with van der Waals surface area (Å²) in [4.78, 5) is 66.8. The number of allylic oxidation sites excluding steroid dienone is 1. The second kappa shape index (κ2) is 14.2. The molecule has 2 aromatic rings. The van der Waals surface area contributed by atoms with Crippen molar-refractivity contribution in [3.63, 3.8) is 0 Å². The van der Waals surface area contributed by atoms with E-state index in [9.17, 15) is 37.1 Å². The molecule has 4 amide bonds. The van der Waals surface area contributed by atoms with Crippen LogP contribution in [0, 0.1) is 11.7 Å². The van der Waals surface area contributed by atoms with E-state index in [0.29, 0.717) is 49.7 Å². The third kappa shape index (κ3) is 7.57. The highest BCUT2D eigenvalue weighted by Crippen LogP contribution is 2.46. The molecule has 52 heavy (non-hydrogen) atoms. The molecule has 2 aliphatic carbocycles. The molecule has 1 aromatic heterocycles. The van der Waals surface area contributed by atoms with E-state index >= 15 is 0 Å². The average molecular weight is 743 g/mol. The monoisotopic (exact) mass is 742 g/mol. The van der Waals surface area contributed by atoms with Crippen LogP contribution in [0.25, 0.3) is 11.0 Å². The molecule has 16 heteroatoms. The summed E-state index contributed by atoms with van der Waals surface area (Å²) in [7, 11) is -3.92. The standard InChI is InChI=1S/C36H47FN6O8S/c1-5-25-31(39-29-24(37)13-11-14-26(29)38-25)51-22-18-28-30(44)40-36(33(46)41-52(49,50)23-16-17-23)19-21(36)12-9-7-6-8-10-15-27(32(45)42(28)20-22)43(34(47)48)35(2,3)4/h9,11-14,21-23,27-28H,5-8,10,15-20H2,1-4H3,(H,40,44)(H,41,46)(H,47,48)/t21-,22-,27+,28+,36-/m1/s1. The van der Waals surface area contributed by atoms with Crippen LogP contribution in [-0.4, -0.2) is 98.2 Å². The van der Waals surface area contributed by atoms with E-state index in [4.69, 9.17) is 4.74 Å². The molecule has 0 bridgehead atoms. The number of para-hydroxylation sites is 1. The summed E-state index contributed by atoms with van der Waals surface area (Å²) in [5.41, 5.74) is -1.74. The summed E-state index contributed by atoms with van der Waals surface area (Å²) < 4.78 is 48.9. The van der Waals surface area contributed by atoms with Crippen LogP contribution in [0.3, 0.4) is 0 Å². The normalized spacial score (nSPS) is 27.1.